The normalized spacial score (nSPS) is 28.7. The minimum absolute atomic E-state index is 0.0758. The number of ketones is 1. The summed E-state index contributed by atoms with van der Waals surface area (Å²) in [4.78, 5) is 11.8. The predicted octanol–water partition coefficient (Wildman–Crippen LogP) is 2.77. The molecule has 2 aromatic carbocycles. The van der Waals surface area contributed by atoms with E-state index in [0.29, 0.717) is 16.8 Å². The topological polar surface area (TPSA) is 40.3 Å². The Bertz CT molecular complexity index is 859. The first-order valence-electron chi connectivity index (χ1n) is 7.71. The fourth-order valence-electron chi connectivity index (χ4n) is 3.94. The second kappa shape index (κ2) is 4.53. The van der Waals surface area contributed by atoms with Gasteiger partial charge in [-0.1, -0.05) is 48.0 Å². The molecule has 2 aliphatic rings. The molecule has 116 valence electrons. The molecule has 1 N–H and O–H groups in total. The summed E-state index contributed by atoms with van der Waals surface area (Å²) in [5.74, 6) is -0.375. The summed E-state index contributed by atoms with van der Waals surface area (Å²) < 4.78 is 1.76. The van der Waals surface area contributed by atoms with E-state index in [9.17, 15) is 9.90 Å². The highest BCUT2D eigenvalue weighted by Gasteiger charge is 2.77. The molecular formula is C19H17ClNO2+. The third kappa shape index (κ3) is 1.54. The van der Waals surface area contributed by atoms with Crippen LogP contribution in [0.25, 0.3) is 0 Å². The molecule has 2 aromatic rings. The lowest BCUT2D eigenvalue weighted by atomic mass is 9.89. The molecule has 23 heavy (non-hydrogen) atoms. The van der Waals surface area contributed by atoms with E-state index in [-0.39, 0.29) is 11.8 Å². The maximum atomic E-state index is 13.1. The standard InChI is InChI=1S/C19H17ClNO2/c1-12(2)21-16(13-8-4-3-5-9-13)18(20)14-10-6-7-11-15(14)19(21,23)17(18)22/h3-12,23H,1-2H3/q+1/t18-,19-/m0/s1. The lowest BCUT2D eigenvalue weighted by Gasteiger charge is -2.25. The van der Waals surface area contributed by atoms with Gasteiger partial charge in [0.2, 0.25) is 10.6 Å². The molecule has 1 aliphatic heterocycles. The molecule has 4 heteroatoms. The highest BCUT2D eigenvalue weighted by atomic mass is 35.5. The van der Waals surface area contributed by atoms with Crippen LogP contribution < -0.4 is 0 Å². The van der Waals surface area contributed by atoms with Gasteiger partial charge in [0.05, 0.1) is 5.56 Å². The van der Waals surface area contributed by atoms with Crippen molar-refractivity contribution in [2.45, 2.75) is 30.5 Å². The summed E-state index contributed by atoms with van der Waals surface area (Å²) in [6, 6.07) is 16.8. The van der Waals surface area contributed by atoms with E-state index in [1.54, 1.807) is 10.6 Å². The van der Waals surface area contributed by atoms with Gasteiger partial charge in [0.1, 0.15) is 0 Å². The second-order valence-electron chi connectivity index (χ2n) is 6.38. The third-order valence-electron chi connectivity index (χ3n) is 4.78. The molecule has 0 unspecified atom stereocenters. The van der Waals surface area contributed by atoms with Crippen molar-refractivity contribution < 1.29 is 14.5 Å². The summed E-state index contributed by atoms with van der Waals surface area (Å²) in [7, 11) is 0. The first-order valence-corrected chi connectivity index (χ1v) is 8.09. The van der Waals surface area contributed by atoms with Crippen molar-refractivity contribution in [1.29, 1.82) is 0 Å². The molecule has 0 spiro atoms. The number of halogens is 1. The average molecular weight is 327 g/mol. The quantitative estimate of drug-likeness (QED) is 0.681. The molecule has 1 heterocycles. The first kappa shape index (κ1) is 14.6. The van der Waals surface area contributed by atoms with E-state index in [4.69, 9.17) is 11.6 Å². The zero-order valence-corrected chi connectivity index (χ0v) is 13.7. The first-order chi connectivity index (χ1) is 10.9. The van der Waals surface area contributed by atoms with Crippen molar-refractivity contribution in [3.05, 3.63) is 71.3 Å². The van der Waals surface area contributed by atoms with Gasteiger partial charge in [-0.15, -0.1) is 0 Å². The van der Waals surface area contributed by atoms with Crippen LogP contribution in [0, 0.1) is 0 Å². The Labute approximate surface area is 139 Å². The van der Waals surface area contributed by atoms with Crippen LogP contribution >= 0.6 is 11.6 Å². The minimum atomic E-state index is -1.70. The van der Waals surface area contributed by atoms with E-state index in [0.717, 1.165) is 5.56 Å². The predicted molar refractivity (Wildman–Crippen MR) is 88.8 cm³/mol. The van der Waals surface area contributed by atoms with Crippen LogP contribution in [0.2, 0.25) is 0 Å². The summed E-state index contributed by atoms with van der Waals surface area (Å²) in [6.07, 6.45) is 0. The van der Waals surface area contributed by atoms with Gasteiger partial charge in [0.25, 0.3) is 5.78 Å². The number of hydrogen-bond acceptors (Lipinski definition) is 2. The zero-order valence-electron chi connectivity index (χ0n) is 13.0. The smallest absolute Gasteiger partial charge is 0.325 e. The van der Waals surface area contributed by atoms with Gasteiger partial charge in [-0.2, -0.15) is 4.58 Å². The van der Waals surface area contributed by atoms with E-state index < -0.39 is 10.6 Å². The van der Waals surface area contributed by atoms with Crippen molar-refractivity contribution in [2.24, 2.45) is 0 Å². The number of Topliss-reactive ketones (excluding diaryl/α,β-unsaturated/α-hetero) is 1. The Morgan fingerprint density at radius 2 is 1.57 bits per heavy atom. The Morgan fingerprint density at radius 3 is 2.17 bits per heavy atom. The molecule has 1 aliphatic carbocycles. The summed E-state index contributed by atoms with van der Waals surface area (Å²) in [5.41, 5.74) is 1.10. The Kier molecular flexibility index (Phi) is 2.88. The van der Waals surface area contributed by atoms with Crippen LogP contribution in [-0.4, -0.2) is 27.2 Å². The summed E-state index contributed by atoms with van der Waals surface area (Å²) >= 11 is 6.92. The van der Waals surface area contributed by atoms with E-state index >= 15 is 0 Å². The van der Waals surface area contributed by atoms with E-state index in [1.807, 2.05) is 62.4 Å². The van der Waals surface area contributed by atoms with Gasteiger partial charge in [-0.3, -0.25) is 4.79 Å². The fourth-order valence-corrected chi connectivity index (χ4v) is 4.44. The number of hydrogen-bond donors (Lipinski definition) is 1. The highest BCUT2D eigenvalue weighted by molar-refractivity contribution is 6.52. The van der Waals surface area contributed by atoms with Crippen LogP contribution in [-0.2, 0) is 15.4 Å². The van der Waals surface area contributed by atoms with Crippen LogP contribution in [0.3, 0.4) is 0 Å². The van der Waals surface area contributed by atoms with Crippen molar-refractivity contribution in [1.82, 2.24) is 0 Å². The monoisotopic (exact) mass is 326 g/mol. The maximum Gasteiger partial charge on any atom is 0.356 e. The molecule has 2 bridgehead atoms. The van der Waals surface area contributed by atoms with Gasteiger partial charge in [-0.05, 0) is 32.0 Å². The van der Waals surface area contributed by atoms with Gasteiger partial charge >= 0.3 is 5.72 Å². The van der Waals surface area contributed by atoms with Gasteiger partial charge in [0, 0.05) is 11.1 Å². The molecular weight excluding hydrogens is 310 g/mol. The number of carbonyl (C=O) groups is 1. The number of nitrogens with zero attached hydrogens (tertiary/aromatic N) is 1. The summed E-state index contributed by atoms with van der Waals surface area (Å²) in [6.45, 7) is 3.91. The number of fused-ring (bicyclic) bond motifs is 5. The highest BCUT2D eigenvalue weighted by Crippen LogP contribution is 2.55. The van der Waals surface area contributed by atoms with Gasteiger partial charge in [0.15, 0.2) is 6.04 Å². The molecule has 0 saturated heterocycles. The Hall–Kier alpha value is -1.97. The zero-order chi connectivity index (χ0) is 16.4. The van der Waals surface area contributed by atoms with E-state index in [2.05, 4.69) is 0 Å². The van der Waals surface area contributed by atoms with Crippen LogP contribution in [0.5, 0.6) is 0 Å². The molecule has 0 amide bonds. The number of rotatable bonds is 2. The molecule has 0 radical (unpaired) electrons. The molecule has 3 nitrogen and oxygen atoms in total. The Morgan fingerprint density at radius 1 is 1.00 bits per heavy atom. The number of carbonyl (C=O) groups excluding carboxylic acids is 1. The number of aliphatic hydroxyl groups is 1. The van der Waals surface area contributed by atoms with Crippen molar-refractivity contribution in [3.63, 3.8) is 0 Å². The lowest BCUT2D eigenvalue weighted by Crippen LogP contribution is -2.45. The third-order valence-corrected chi connectivity index (χ3v) is 5.34. The van der Waals surface area contributed by atoms with Crippen molar-refractivity contribution in [2.75, 3.05) is 0 Å². The number of benzene rings is 2. The van der Waals surface area contributed by atoms with Crippen LogP contribution in [0.1, 0.15) is 30.5 Å². The molecule has 4 rings (SSSR count). The fraction of sp³-hybridized carbons (Fsp3) is 0.263. The minimum Gasteiger partial charge on any atom is -0.325 e. The largest absolute Gasteiger partial charge is 0.356 e. The summed E-state index contributed by atoms with van der Waals surface area (Å²) in [5, 5.41) is 11.4. The number of alkyl halides is 1. The van der Waals surface area contributed by atoms with Crippen LogP contribution in [0.15, 0.2) is 54.6 Å². The lowest BCUT2D eigenvalue weighted by molar-refractivity contribution is -0.667. The van der Waals surface area contributed by atoms with E-state index in [1.165, 1.54) is 0 Å². The van der Waals surface area contributed by atoms with Crippen LogP contribution in [0.4, 0.5) is 0 Å². The molecule has 2 atom stereocenters. The maximum absolute atomic E-state index is 13.1. The molecule has 0 fully saturated rings. The van der Waals surface area contributed by atoms with Gasteiger partial charge in [-0.25, -0.2) is 0 Å². The Balaban J connectivity index is 2.13. The second-order valence-corrected chi connectivity index (χ2v) is 6.95. The van der Waals surface area contributed by atoms with Crippen molar-refractivity contribution >= 4 is 23.1 Å². The van der Waals surface area contributed by atoms with Gasteiger partial charge < -0.3 is 5.11 Å². The van der Waals surface area contributed by atoms with Crippen molar-refractivity contribution in [3.8, 4) is 0 Å². The SMILES string of the molecule is CC(C)[N+]1=C(c2ccccc2)[C@]2(Cl)C(=O)[C@@]1(O)c1ccccc12. The molecule has 0 saturated carbocycles. The molecule has 0 aromatic heterocycles. The average Bonchev–Trinajstić information content (AvgIpc) is 2.85.